The Morgan fingerprint density at radius 2 is 1.71 bits per heavy atom. The smallest absolute Gasteiger partial charge is 0.334 e. The quantitative estimate of drug-likeness (QED) is 0.523. The van der Waals surface area contributed by atoms with Gasteiger partial charge in [0.25, 0.3) is 0 Å². The average molecular weight is 240 g/mol. The number of hydrogen-bond donors (Lipinski definition) is 0. The minimum Gasteiger partial charge on any atom is -0.457 e. The van der Waals surface area contributed by atoms with Crippen LogP contribution in [0.1, 0.15) is 67.7 Å². The molecule has 0 aliphatic heterocycles. The molecule has 0 aromatic carbocycles. The van der Waals surface area contributed by atoms with E-state index in [-0.39, 0.29) is 11.4 Å². The zero-order valence-electron chi connectivity index (χ0n) is 12.5. The van der Waals surface area contributed by atoms with E-state index in [1.165, 1.54) is 0 Å². The van der Waals surface area contributed by atoms with E-state index in [2.05, 4.69) is 20.8 Å². The number of carbonyl (C=O) groups is 1. The molecule has 0 N–H and O–H groups in total. The standard InChI is InChI=1S/C15H28O2/c1-8-10-11-15(6,7)12(9-2)13(16)17-14(3,4)5/h9H,8,10-11H2,1-7H3/b12-9-. The summed E-state index contributed by atoms with van der Waals surface area (Å²) in [7, 11) is 0. The molecule has 2 heteroatoms. The SMILES string of the molecule is C/C=C(/C(=O)OC(C)(C)C)C(C)(C)CCCC. The Hall–Kier alpha value is -0.790. The third-order valence-electron chi connectivity index (χ3n) is 2.79. The largest absolute Gasteiger partial charge is 0.457 e. The maximum Gasteiger partial charge on any atom is 0.334 e. The first-order chi connectivity index (χ1) is 7.64. The highest BCUT2D eigenvalue weighted by atomic mass is 16.6. The summed E-state index contributed by atoms with van der Waals surface area (Å²) in [6.45, 7) is 14.0. The van der Waals surface area contributed by atoms with Gasteiger partial charge in [0, 0.05) is 5.57 Å². The van der Waals surface area contributed by atoms with Crippen LogP contribution in [0.3, 0.4) is 0 Å². The van der Waals surface area contributed by atoms with E-state index in [1.54, 1.807) is 0 Å². The van der Waals surface area contributed by atoms with Crippen molar-refractivity contribution in [1.29, 1.82) is 0 Å². The molecule has 17 heavy (non-hydrogen) atoms. The highest BCUT2D eigenvalue weighted by molar-refractivity contribution is 5.90. The van der Waals surface area contributed by atoms with Crippen molar-refractivity contribution in [1.82, 2.24) is 0 Å². The maximum absolute atomic E-state index is 12.1. The van der Waals surface area contributed by atoms with Crippen LogP contribution in [0, 0.1) is 5.41 Å². The summed E-state index contributed by atoms with van der Waals surface area (Å²) in [5, 5.41) is 0. The highest BCUT2D eigenvalue weighted by Crippen LogP contribution is 2.33. The molecule has 0 aliphatic rings. The molecule has 0 aliphatic carbocycles. The van der Waals surface area contributed by atoms with Gasteiger partial charge >= 0.3 is 5.97 Å². The molecule has 100 valence electrons. The minimum atomic E-state index is -0.424. The summed E-state index contributed by atoms with van der Waals surface area (Å²) >= 11 is 0. The van der Waals surface area contributed by atoms with Gasteiger partial charge in [-0.05, 0) is 39.5 Å². The summed E-state index contributed by atoms with van der Waals surface area (Å²) in [5.41, 5.74) is 0.264. The topological polar surface area (TPSA) is 26.3 Å². The fourth-order valence-electron chi connectivity index (χ4n) is 1.87. The Morgan fingerprint density at radius 3 is 2.06 bits per heavy atom. The third kappa shape index (κ3) is 5.90. The van der Waals surface area contributed by atoms with Crippen molar-refractivity contribution in [2.75, 3.05) is 0 Å². The van der Waals surface area contributed by atoms with E-state index < -0.39 is 5.60 Å². The molecule has 0 unspecified atom stereocenters. The van der Waals surface area contributed by atoms with Crippen LogP contribution in [0.2, 0.25) is 0 Å². The number of esters is 1. The molecule has 0 spiro atoms. The molecular weight excluding hydrogens is 212 g/mol. The van der Waals surface area contributed by atoms with Crippen LogP contribution in [0.25, 0.3) is 0 Å². The van der Waals surface area contributed by atoms with Gasteiger partial charge in [0.15, 0.2) is 0 Å². The molecule has 0 radical (unpaired) electrons. The van der Waals surface area contributed by atoms with Gasteiger partial charge in [0.1, 0.15) is 5.60 Å². The lowest BCUT2D eigenvalue weighted by Crippen LogP contribution is -2.30. The van der Waals surface area contributed by atoms with Gasteiger partial charge in [-0.15, -0.1) is 0 Å². The van der Waals surface area contributed by atoms with Crippen molar-refractivity contribution >= 4 is 5.97 Å². The van der Waals surface area contributed by atoms with Gasteiger partial charge in [-0.25, -0.2) is 4.79 Å². The lowest BCUT2D eigenvalue weighted by Gasteiger charge is -2.29. The molecular formula is C15H28O2. The number of allylic oxidation sites excluding steroid dienone is 1. The first-order valence-electron chi connectivity index (χ1n) is 6.54. The zero-order valence-corrected chi connectivity index (χ0v) is 12.5. The van der Waals surface area contributed by atoms with Gasteiger partial charge < -0.3 is 4.74 Å². The van der Waals surface area contributed by atoms with Crippen LogP contribution in [-0.4, -0.2) is 11.6 Å². The second kappa shape index (κ2) is 6.23. The molecule has 0 aromatic heterocycles. The minimum absolute atomic E-state index is 0.104. The number of ether oxygens (including phenoxy) is 1. The van der Waals surface area contributed by atoms with Gasteiger partial charge in [0.05, 0.1) is 0 Å². The van der Waals surface area contributed by atoms with Gasteiger partial charge in [-0.3, -0.25) is 0 Å². The lowest BCUT2D eigenvalue weighted by atomic mass is 9.79. The summed E-state index contributed by atoms with van der Waals surface area (Å²) in [4.78, 5) is 12.1. The summed E-state index contributed by atoms with van der Waals surface area (Å²) < 4.78 is 5.45. The van der Waals surface area contributed by atoms with Crippen LogP contribution in [0.5, 0.6) is 0 Å². The van der Waals surface area contributed by atoms with Crippen LogP contribution in [0.4, 0.5) is 0 Å². The molecule has 0 saturated carbocycles. The second-order valence-corrected chi connectivity index (χ2v) is 6.19. The Kier molecular flexibility index (Phi) is 5.94. The number of hydrogen-bond acceptors (Lipinski definition) is 2. The normalized spacial score (nSPS) is 13.7. The summed E-state index contributed by atoms with van der Waals surface area (Å²) in [6, 6.07) is 0. The summed E-state index contributed by atoms with van der Waals surface area (Å²) in [6.07, 6.45) is 5.19. The highest BCUT2D eigenvalue weighted by Gasteiger charge is 2.30. The molecule has 0 heterocycles. The van der Waals surface area contributed by atoms with Gasteiger partial charge in [0.2, 0.25) is 0 Å². The summed E-state index contributed by atoms with van der Waals surface area (Å²) in [5.74, 6) is -0.180. The first kappa shape index (κ1) is 16.2. The molecule has 0 aromatic rings. The molecule has 0 atom stereocenters. The first-order valence-corrected chi connectivity index (χ1v) is 6.54. The van der Waals surface area contributed by atoms with E-state index in [9.17, 15) is 4.79 Å². The molecule has 0 fully saturated rings. The van der Waals surface area contributed by atoms with Crippen molar-refractivity contribution in [3.05, 3.63) is 11.6 Å². The predicted octanol–water partition coefficient (Wildman–Crippen LogP) is 4.49. The zero-order chi connectivity index (χ0) is 13.7. The number of unbranched alkanes of at least 4 members (excludes halogenated alkanes) is 1. The fourth-order valence-corrected chi connectivity index (χ4v) is 1.87. The van der Waals surface area contributed by atoms with Crippen molar-refractivity contribution < 1.29 is 9.53 Å². The molecule has 2 nitrogen and oxygen atoms in total. The van der Waals surface area contributed by atoms with E-state index >= 15 is 0 Å². The number of rotatable bonds is 5. The predicted molar refractivity (Wildman–Crippen MR) is 72.9 cm³/mol. The lowest BCUT2D eigenvalue weighted by molar-refractivity contribution is -0.151. The Bertz CT molecular complexity index is 280. The van der Waals surface area contributed by atoms with E-state index in [1.807, 2.05) is 33.8 Å². The van der Waals surface area contributed by atoms with Crippen LogP contribution < -0.4 is 0 Å². The molecule has 0 amide bonds. The Balaban J connectivity index is 4.79. The average Bonchev–Trinajstić information content (AvgIpc) is 2.12. The second-order valence-electron chi connectivity index (χ2n) is 6.19. The Morgan fingerprint density at radius 1 is 1.18 bits per heavy atom. The maximum atomic E-state index is 12.1. The monoisotopic (exact) mass is 240 g/mol. The third-order valence-corrected chi connectivity index (χ3v) is 2.79. The fraction of sp³-hybridized carbons (Fsp3) is 0.800. The van der Waals surface area contributed by atoms with Crippen molar-refractivity contribution in [3.63, 3.8) is 0 Å². The van der Waals surface area contributed by atoms with Crippen molar-refractivity contribution in [2.24, 2.45) is 5.41 Å². The van der Waals surface area contributed by atoms with Gasteiger partial charge in [-0.2, -0.15) is 0 Å². The van der Waals surface area contributed by atoms with Crippen LogP contribution in [-0.2, 0) is 9.53 Å². The van der Waals surface area contributed by atoms with Crippen LogP contribution >= 0.6 is 0 Å². The van der Waals surface area contributed by atoms with E-state index in [4.69, 9.17) is 4.74 Å². The van der Waals surface area contributed by atoms with E-state index in [0.29, 0.717) is 0 Å². The number of carbonyl (C=O) groups excluding carboxylic acids is 1. The molecule has 0 bridgehead atoms. The molecule has 0 saturated heterocycles. The molecule has 0 rings (SSSR count). The Labute approximate surface area is 106 Å². The van der Waals surface area contributed by atoms with Crippen LogP contribution in [0.15, 0.2) is 11.6 Å². The van der Waals surface area contributed by atoms with Crippen molar-refractivity contribution in [2.45, 2.75) is 73.3 Å². The van der Waals surface area contributed by atoms with Crippen molar-refractivity contribution in [3.8, 4) is 0 Å². The van der Waals surface area contributed by atoms with Gasteiger partial charge in [-0.1, -0.05) is 39.7 Å². The van der Waals surface area contributed by atoms with E-state index in [0.717, 1.165) is 24.8 Å².